The van der Waals surface area contributed by atoms with Crippen molar-refractivity contribution in [2.75, 3.05) is 0 Å². The van der Waals surface area contributed by atoms with E-state index in [2.05, 4.69) is 10.3 Å². The average Bonchev–Trinajstić information content (AvgIpc) is 2.37. The summed E-state index contributed by atoms with van der Waals surface area (Å²) in [5.74, 6) is -1.48. The second-order valence-electron chi connectivity index (χ2n) is 4.18. The van der Waals surface area contributed by atoms with Gasteiger partial charge in [0.25, 0.3) is 5.91 Å². The number of hydrogen-bond donors (Lipinski definition) is 2. The molecular formula is C13H17ClN2O3. The lowest BCUT2D eigenvalue weighted by molar-refractivity contribution is -0.139. The first-order chi connectivity index (χ1) is 8.97. The SMILES string of the molecule is CCC[C@@H](NC(=O)c1cc(Cl)nc(CC)c1)C(=O)O. The molecule has 0 saturated carbocycles. The van der Waals surface area contributed by atoms with E-state index >= 15 is 0 Å². The van der Waals surface area contributed by atoms with Crippen LogP contribution >= 0.6 is 11.6 Å². The van der Waals surface area contributed by atoms with Crippen LogP contribution in [0.4, 0.5) is 0 Å². The van der Waals surface area contributed by atoms with Crippen molar-refractivity contribution in [1.29, 1.82) is 0 Å². The number of pyridine rings is 1. The predicted molar refractivity (Wildman–Crippen MR) is 72.4 cm³/mol. The summed E-state index contributed by atoms with van der Waals surface area (Å²) >= 11 is 5.83. The Morgan fingerprint density at radius 1 is 1.42 bits per heavy atom. The summed E-state index contributed by atoms with van der Waals surface area (Å²) in [4.78, 5) is 27.0. The summed E-state index contributed by atoms with van der Waals surface area (Å²) in [6.07, 6.45) is 1.72. The summed E-state index contributed by atoms with van der Waals surface area (Å²) in [5.41, 5.74) is 1.03. The highest BCUT2D eigenvalue weighted by molar-refractivity contribution is 6.29. The van der Waals surface area contributed by atoms with Gasteiger partial charge < -0.3 is 10.4 Å². The third-order valence-corrected chi connectivity index (χ3v) is 2.85. The minimum atomic E-state index is -1.04. The van der Waals surface area contributed by atoms with Crippen molar-refractivity contribution in [2.24, 2.45) is 0 Å². The first-order valence-electron chi connectivity index (χ1n) is 6.18. The van der Waals surface area contributed by atoms with Crippen LogP contribution in [0, 0.1) is 0 Å². The van der Waals surface area contributed by atoms with Crippen LogP contribution in [0.25, 0.3) is 0 Å². The zero-order valence-corrected chi connectivity index (χ0v) is 11.7. The van der Waals surface area contributed by atoms with Gasteiger partial charge >= 0.3 is 5.97 Å². The van der Waals surface area contributed by atoms with Crippen LogP contribution in [0.3, 0.4) is 0 Å². The van der Waals surface area contributed by atoms with Crippen LogP contribution in [-0.4, -0.2) is 28.0 Å². The van der Waals surface area contributed by atoms with Crippen molar-refractivity contribution in [3.63, 3.8) is 0 Å². The van der Waals surface area contributed by atoms with E-state index in [-0.39, 0.29) is 5.15 Å². The molecule has 104 valence electrons. The number of carbonyl (C=O) groups is 2. The van der Waals surface area contributed by atoms with E-state index < -0.39 is 17.9 Å². The Morgan fingerprint density at radius 2 is 2.11 bits per heavy atom. The van der Waals surface area contributed by atoms with E-state index in [0.29, 0.717) is 30.5 Å². The lowest BCUT2D eigenvalue weighted by atomic mass is 10.1. The fourth-order valence-corrected chi connectivity index (χ4v) is 1.88. The Bertz CT molecular complexity index is 477. The van der Waals surface area contributed by atoms with Gasteiger partial charge in [-0.05, 0) is 25.0 Å². The lowest BCUT2D eigenvalue weighted by Crippen LogP contribution is -2.40. The Hall–Kier alpha value is -1.62. The molecule has 1 amide bonds. The summed E-state index contributed by atoms with van der Waals surface area (Å²) in [6.45, 7) is 3.76. The maximum atomic E-state index is 12.0. The number of aliphatic carboxylic acids is 1. The molecule has 0 fully saturated rings. The number of nitrogens with one attached hydrogen (secondary N) is 1. The molecule has 1 rings (SSSR count). The van der Waals surface area contributed by atoms with Gasteiger partial charge in [-0.15, -0.1) is 0 Å². The summed E-state index contributed by atoms with van der Waals surface area (Å²) in [5, 5.41) is 11.7. The Balaban J connectivity index is 2.87. The molecule has 2 N–H and O–H groups in total. The third kappa shape index (κ3) is 4.52. The maximum Gasteiger partial charge on any atom is 0.326 e. The molecule has 5 nitrogen and oxygen atoms in total. The number of carboxylic acids is 1. The molecule has 0 unspecified atom stereocenters. The quantitative estimate of drug-likeness (QED) is 0.786. The van der Waals surface area contributed by atoms with Gasteiger partial charge in [-0.1, -0.05) is 31.9 Å². The van der Waals surface area contributed by atoms with Crippen molar-refractivity contribution in [3.8, 4) is 0 Å². The molecule has 0 aliphatic rings. The van der Waals surface area contributed by atoms with Crippen LogP contribution in [0.2, 0.25) is 5.15 Å². The van der Waals surface area contributed by atoms with Gasteiger partial charge in [0.1, 0.15) is 11.2 Å². The zero-order valence-electron chi connectivity index (χ0n) is 10.9. The number of rotatable bonds is 6. The highest BCUT2D eigenvalue weighted by Crippen LogP contribution is 2.12. The Labute approximate surface area is 117 Å². The highest BCUT2D eigenvalue weighted by atomic mass is 35.5. The molecule has 0 radical (unpaired) electrons. The van der Waals surface area contributed by atoms with Crippen LogP contribution in [0.15, 0.2) is 12.1 Å². The molecule has 0 aliphatic carbocycles. The minimum Gasteiger partial charge on any atom is -0.480 e. The maximum absolute atomic E-state index is 12.0. The van der Waals surface area contributed by atoms with Gasteiger partial charge in [0.05, 0.1) is 0 Å². The van der Waals surface area contributed by atoms with Crippen molar-refractivity contribution in [2.45, 2.75) is 39.2 Å². The first kappa shape index (κ1) is 15.4. The van der Waals surface area contributed by atoms with Crippen molar-refractivity contribution in [1.82, 2.24) is 10.3 Å². The second-order valence-corrected chi connectivity index (χ2v) is 4.56. The topological polar surface area (TPSA) is 79.3 Å². The molecule has 0 saturated heterocycles. The average molecular weight is 285 g/mol. The first-order valence-corrected chi connectivity index (χ1v) is 6.55. The monoisotopic (exact) mass is 284 g/mol. The lowest BCUT2D eigenvalue weighted by Gasteiger charge is -2.13. The van der Waals surface area contributed by atoms with E-state index in [1.54, 1.807) is 6.07 Å². The molecule has 1 heterocycles. The molecule has 0 spiro atoms. The molecule has 0 aromatic carbocycles. The Morgan fingerprint density at radius 3 is 2.63 bits per heavy atom. The summed E-state index contributed by atoms with van der Waals surface area (Å²) in [6, 6.07) is 2.17. The normalized spacial score (nSPS) is 11.9. The van der Waals surface area contributed by atoms with Crippen molar-refractivity contribution < 1.29 is 14.7 Å². The largest absolute Gasteiger partial charge is 0.480 e. The van der Waals surface area contributed by atoms with Gasteiger partial charge in [0.15, 0.2) is 0 Å². The van der Waals surface area contributed by atoms with E-state index in [0.717, 1.165) is 0 Å². The molecule has 1 aromatic heterocycles. The number of halogens is 1. The van der Waals surface area contributed by atoms with E-state index in [1.807, 2.05) is 13.8 Å². The molecule has 6 heteroatoms. The molecule has 0 bridgehead atoms. The molecular weight excluding hydrogens is 268 g/mol. The molecule has 0 aliphatic heterocycles. The number of nitrogens with zero attached hydrogens (tertiary/aromatic N) is 1. The second kappa shape index (κ2) is 7.09. The minimum absolute atomic E-state index is 0.229. The predicted octanol–water partition coefficient (Wildman–Crippen LogP) is 2.28. The standard InChI is InChI=1S/C13H17ClN2O3/c1-3-5-10(13(18)19)16-12(17)8-6-9(4-2)15-11(14)7-8/h6-7,10H,3-5H2,1-2H3,(H,16,17)(H,18,19)/t10-/m1/s1. The highest BCUT2D eigenvalue weighted by Gasteiger charge is 2.20. The van der Waals surface area contributed by atoms with Gasteiger partial charge in [0.2, 0.25) is 0 Å². The Kier molecular flexibility index (Phi) is 5.76. The van der Waals surface area contributed by atoms with Crippen molar-refractivity contribution in [3.05, 3.63) is 28.5 Å². The fourth-order valence-electron chi connectivity index (χ4n) is 1.65. The smallest absolute Gasteiger partial charge is 0.326 e. The van der Waals surface area contributed by atoms with E-state index in [9.17, 15) is 9.59 Å². The van der Waals surface area contributed by atoms with E-state index in [1.165, 1.54) is 6.07 Å². The fraction of sp³-hybridized carbons (Fsp3) is 0.462. The van der Waals surface area contributed by atoms with Gasteiger partial charge in [-0.2, -0.15) is 0 Å². The van der Waals surface area contributed by atoms with Gasteiger partial charge in [-0.3, -0.25) is 4.79 Å². The number of hydrogen-bond acceptors (Lipinski definition) is 3. The van der Waals surface area contributed by atoms with Crippen LogP contribution in [0.1, 0.15) is 42.7 Å². The zero-order chi connectivity index (χ0) is 14.4. The summed E-state index contributed by atoms with van der Waals surface area (Å²) in [7, 11) is 0. The third-order valence-electron chi connectivity index (χ3n) is 2.65. The van der Waals surface area contributed by atoms with Gasteiger partial charge in [0, 0.05) is 11.3 Å². The molecule has 1 atom stereocenters. The summed E-state index contributed by atoms with van der Waals surface area (Å²) < 4.78 is 0. The number of amides is 1. The number of aryl methyl sites for hydroxylation is 1. The van der Waals surface area contributed by atoms with Crippen LogP contribution < -0.4 is 5.32 Å². The number of carboxylic acid groups (broad SMARTS) is 1. The van der Waals surface area contributed by atoms with Crippen LogP contribution in [-0.2, 0) is 11.2 Å². The number of aromatic nitrogens is 1. The molecule has 1 aromatic rings. The van der Waals surface area contributed by atoms with E-state index in [4.69, 9.17) is 16.7 Å². The van der Waals surface area contributed by atoms with Crippen LogP contribution in [0.5, 0.6) is 0 Å². The molecule has 19 heavy (non-hydrogen) atoms. The van der Waals surface area contributed by atoms with Gasteiger partial charge in [-0.25, -0.2) is 9.78 Å². The van der Waals surface area contributed by atoms with Crippen molar-refractivity contribution >= 4 is 23.5 Å². The number of carbonyl (C=O) groups excluding carboxylic acids is 1.